The molecule has 1 heterocycles. The molecule has 0 spiro atoms. The van der Waals surface area contributed by atoms with Crippen LogP contribution < -0.4 is 10.1 Å². The number of ketones is 1. The molecule has 2 rings (SSSR count). The third kappa shape index (κ3) is 6.02. The number of rotatable bonds is 9. The van der Waals surface area contributed by atoms with Gasteiger partial charge in [-0.2, -0.15) is 0 Å². The van der Waals surface area contributed by atoms with E-state index >= 15 is 0 Å². The molecule has 5 heteroatoms. The molecule has 1 N–H and O–H groups in total. The van der Waals surface area contributed by atoms with Crippen LogP contribution in [0.25, 0.3) is 0 Å². The molecular formula is C18H25NO4. The van der Waals surface area contributed by atoms with Crippen LogP contribution >= 0.6 is 0 Å². The molecule has 1 saturated heterocycles. The first kappa shape index (κ1) is 17.5. The van der Waals surface area contributed by atoms with Crippen molar-refractivity contribution in [2.75, 3.05) is 26.4 Å². The largest absolute Gasteiger partial charge is 0.484 e. The predicted octanol–water partition coefficient (Wildman–Crippen LogP) is 2.59. The van der Waals surface area contributed by atoms with Crippen molar-refractivity contribution in [3.63, 3.8) is 0 Å². The van der Waals surface area contributed by atoms with E-state index in [0.29, 0.717) is 30.2 Å². The van der Waals surface area contributed by atoms with E-state index in [9.17, 15) is 9.59 Å². The number of amides is 1. The van der Waals surface area contributed by atoms with Crippen molar-refractivity contribution in [2.45, 2.75) is 32.6 Å². The zero-order chi connectivity index (χ0) is 16.5. The van der Waals surface area contributed by atoms with Gasteiger partial charge < -0.3 is 14.8 Å². The second kappa shape index (κ2) is 9.30. The van der Waals surface area contributed by atoms with Crippen LogP contribution in [0.1, 0.15) is 43.0 Å². The van der Waals surface area contributed by atoms with Crippen molar-refractivity contribution in [3.05, 3.63) is 29.8 Å². The second-order valence-corrected chi connectivity index (χ2v) is 5.81. The molecule has 1 aliphatic rings. The molecule has 1 fully saturated rings. The summed E-state index contributed by atoms with van der Waals surface area (Å²) in [5.74, 6) is 1.21. The fourth-order valence-corrected chi connectivity index (χ4v) is 2.57. The van der Waals surface area contributed by atoms with Crippen LogP contribution in [-0.4, -0.2) is 38.1 Å². The molecule has 126 valence electrons. The third-order valence-corrected chi connectivity index (χ3v) is 4.00. The summed E-state index contributed by atoms with van der Waals surface area (Å²) in [5.41, 5.74) is 0.667. The molecule has 0 aliphatic carbocycles. The van der Waals surface area contributed by atoms with E-state index in [1.54, 1.807) is 24.3 Å². The molecule has 0 aromatic heterocycles. The van der Waals surface area contributed by atoms with E-state index in [2.05, 4.69) is 5.32 Å². The fraction of sp³-hybridized carbons (Fsp3) is 0.556. The topological polar surface area (TPSA) is 64.6 Å². The number of hydrogen-bond acceptors (Lipinski definition) is 4. The minimum atomic E-state index is -0.124. The molecule has 0 bridgehead atoms. The number of carbonyl (C=O) groups is 2. The van der Waals surface area contributed by atoms with Crippen LogP contribution in [0.2, 0.25) is 0 Å². The standard InChI is InChI=1S/C18H25NO4/c1-2-17(20)15-5-7-16(8-6-15)23-13-18(21)19-10-3-4-14-9-11-22-12-14/h5-8,14H,2-4,9-13H2,1H3,(H,19,21). The van der Waals surface area contributed by atoms with Gasteiger partial charge in [0.25, 0.3) is 5.91 Å². The van der Waals surface area contributed by atoms with Crippen molar-refractivity contribution in [1.29, 1.82) is 0 Å². The van der Waals surface area contributed by atoms with E-state index in [4.69, 9.17) is 9.47 Å². The van der Waals surface area contributed by atoms with Gasteiger partial charge in [0.2, 0.25) is 0 Å². The van der Waals surface area contributed by atoms with E-state index in [0.717, 1.165) is 32.5 Å². The van der Waals surface area contributed by atoms with Crippen molar-refractivity contribution in [3.8, 4) is 5.75 Å². The Kier molecular flexibility index (Phi) is 7.07. The molecule has 1 atom stereocenters. The average molecular weight is 319 g/mol. The molecule has 0 saturated carbocycles. The summed E-state index contributed by atoms with van der Waals surface area (Å²) in [4.78, 5) is 23.2. The summed E-state index contributed by atoms with van der Waals surface area (Å²) >= 11 is 0. The van der Waals surface area contributed by atoms with E-state index in [1.807, 2.05) is 6.92 Å². The highest BCUT2D eigenvalue weighted by Crippen LogP contribution is 2.17. The first-order valence-electron chi connectivity index (χ1n) is 8.29. The highest BCUT2D eigenvalue weighted by atomic mass is 16.5. The summed E-state index contributed by atoms with van der Waals surface area (Å²) in [7, 11) is 0. The fourth-order valence-electron chi connectivity index (χ4n) is 2.57. The monoisotopic (exact) mass is 319 g/mol. The van der Waals surface area contributed by atoms with Gasteiger partial charge in [-0.3, -0.25) is 9.59 Å². The Balaban J connectivity index is 1.60. The lowest BCUT2D eigenvalue weighted by molar-refractivity contribution is -0.123. The lowest BCUT2D eigenvalue weighted by Crippen LogP contribution is -2.29. The van der Waals surface area contributed by atoms with Gasteiger partial charge in [-0.05, 0) is 49.4 Å². The predicted molar refractivity (Wildman–Crippen MR) is 87.7 cm³/mol. The van der Waals surface area contributed by atoms with Gasteiger partial charge in [0.15, 0.2) is 12.4 Å². The number of Topliss-reactive ketones (excluding diaryl/α,β-unsaturated/α-hetero) is 1. The van der Waals surface area contributed by atoms with Crippen LogP contribution in [0.4, 0.5) is 0 Å². The van der Waals surface area contributed by atoms with Gasteiger partial charge in [-0.1, -0.05) is 6.92 Å². The molecular weight excluding hydrogens is 294 g/mol. The maximum absolute atomic E-state index is 11.7. The molecule has 23 heavy (non-hydrogen) atoms. The van der Waals surface area contributed by atoms with E-state index in [-0.39, 0.29) is 18.3 Å². The summed E-state index contributed by atoms with van der Waals surface area (Å²) in [6.45, 7) is 4.22. The highest BCUT2D eigenvalue weighted by Gasteiger charge is 2.14. The number of nitrogens with one attached hydrogen (secondary N) is 1. The number of ether oxygens (including phenoxy) is 2. The average Bonchev–Trinajstić information content (AvgIpc) is 3.10. The van der Waals surface area contributed by atoms with Gasteiger partial charge in [-0.15, -0.1) is 0 Å². The molecule has 1 aromatic rings. The van der Waals surface area contributed by atoms with Crippen LogP contribution in [0.5, 0.6) is 5.75 Å². The smallest absolute Gasteiger partial charge is 0.257 e. The van der Waals surface area contributed by atoms with Gasteiger partial charge in [0.05, 0.1) is 0 Å². The molecule has 1 unspecified atom stereocenters. The summed E-state index contributed by atoms with van der Waals surface area (Å²) in [6, 6.07) is 6.89. The molecule has 5 nitrogen and oxygen atoms in total. The van der Waals surface area contributed by atoms with E-state index in [1.165, 1.54) is 0 Å². The first-order chi connectivity index (χ1) is 11.2. The molecule has 1 aromatic carbocycles. The van der Waals surface area contributed by atoms with E-state index < -0.39 is 0 Å². The van der Waals surface area contributed by atoms with Gasteiger partial charge in [-0.25, -0.2) is 0 Å². The minimum Gasteiger partial charge on any atom is -0.484 e. The Morgan fingerprint density at radius 3 is 2.74 bits per heavy atom. The Hall–Kier alpha value is -1.88. The maximum atomic E-state index is 11.7. The second-order valence-electron chi connectivity index (χ2n) is 5.81. The molecule has 1 amide bonds. The third-order valence-electron chi connectivity index (χ3n) is 4.00. The summed E-state index contributed by atoms with van der Waals surface area (Å²) in [5, 5.41) is 2.86. The Morgan fingerprint density at radius 2 is 2.09 bits per heavy atom. The quantitative estimate of drug-likeness (QED) is 0.561. The zero-order valence-electron chi connectivity index (χ0n) is 13.7. The van der Waals surface area contributed by atoms with Crippen LogP contribution in [0, 0.1) is 5.92 Å². The first-order valence-corrected chi connectivity index (χ1v) is 8.29. The minimum absolute atomic E-state index is 0.00634. The number of hydrogen-bond donors (Lipinski definition) is 1. The van der Waals surface area contributed by atoms with Gasteiger partial charge in [0, 0.05) is 31.7 Å². The summed E-state index contributed by atoms with van der Waals surface area (Å²) < 4.78 is 10.7. The Morgan fingerprint density at radius 1 is 1.30 bits per heavy atom. The number of benzene rings is 1. The van der Waals surface area contributed by atoms with Crippen LogP contribution in [0.15, 0.2) is 24.3 Å². The maximum Gasteiger partial charge on any atom is 0.257 e. The normalized spacial score (nSPS) is 17.0. The SMILES string of the molecule is CCC(=O)c1ccc(OCC(=O)NCCCC2CCOC2)cc1. The van der Waals surface area contributed by atoms with Crippen molar-refractivity contribution < 1.29 is 19.1 Å². The van der Waals surface area contributed by atoms with Gasteiger partial charge in [0.1, 0.15) is 5.75 Å². The van der Waals surface area contributed by atoms with Crippen molar-refractivity contribution >= 4 is 11.7 Å². The molecule has 1 aliphatic heterocycles. The lowest BCUT2D eigenvalue weighted by atomic mass is 10.0. The number of carbonyl (C=O) groups excluding carboxylic acids is 2. The zero-order valence-corrected chi connectivity index (χ0v) is 13.7. The summed E-state index contributed by atoms with van der Waals surface area (Å²) in [6.07, 6.45) is 3.67. The lowest BCUT2D eigenvalue weighted by Gasteiger charge is -2.09. The Bertz CT molecular complexity index is 506. The van der Waals surface area contributed by atoms with Crippen LogP contribution in [0.3, 0.4) is 0 Å². The Labute approximate surface area is 137 Å². The van der Waals surface area contributed by atoms with Crippen LogP contribution in [-0.2, 0) is 9.53 Å². The van der Waals surface area contributed by atoms with Gasteiger partial charge >= 0.3 is 0 Å². The highest BCUT2D eigenvalue weighted by molar-refractivity contribution is 5.95. The molecule has 0 radical (unpaired) electrons. The van der Waals surface area contributed by atoms with Crippen molar-refractivity contribution in [1.82, 2.24) is 5.32 Å². The van der Waals surface area contributed by atoms with Crippen molar-refractivity contribution in [2.24, 2.45) is 5.92 Å².